The van der Waals surface area contributed by atoms with Gasteiger partial charge in [0.15, 0.2) is 0 Å². The number of nitrogens with zero attached hydrogens (tertiary/aromatic N) is 5. The van der Waals surface area contributed by atoms with Gasteiger partial charge in [0.1, 0.15) is 4.90 Å². The predicted molar refractivity (Wildman–Crippen MR) is 163 cm³/mol. The first-order valence-corrected chi connectivity index (χ1v) is 14.7. The molecule has 5 rings (SSSR count). The van der Waals surface area contributed by atoms with Crippen molar-refractivity contribution in [3.8, 4) is 5.69 Å². The fraction of sp³-hybridized carbons (Fsp3) is 0.226. The Labute approximate surface area is 248 Å². The van der Waals surface area contributed by atoms with Crippen LogP contribution in [0.15, 0.2) is 101 Å². The number of carbonyl (C=O) groups is 2. The molecule has 0 aliphatic carbocycles. The Morgan fingerprint density at radius 1 is 0.902 bits per heavy atom. The average Bonchev–Trinajstić information content (AvgIpc) is 3.01. The number of para-hydroxylation sites is 1. The Bertz CT molecular complexity index is 1560. The lowest BCUT2D eigenvalue weighted by atomic mass is 10.2. The summed E-state index contributed by atoms with van der Waals surface area (Å²) in [5.41, 5.74) is 2.87. The number of piperazine rings is 1. The van der Waals surface area contributed by atoms with E-state index in [0.29, 0.717) is 53.1 Å². The van der Waals surface area contributed by atoms with Gasteiger partial charge < -0.3 is 14.7 Å². The maximum atomic E-state index is 13.7. The van der Waals surface area contributed by atoms with Gasteiger partial charge >= 0.3 is 0 Å². The molecule has 1 saturated heterocycles. The first kappa shape index (κ1) is 28.4. The summed E-state index contributed by atoms with van der Waals surface area (Å²) in [4.78, 5) is 45.3. The van der Waals surface area contributed by atoms with Gasteiger partial charge in [-0.25, -0.2) is 0 Å². The van der Waals surface area contributed by atoms with Crippen molar-refractivity contribution in [1.82, 2.24) is 19.6 Å². The Morgan fingerprint density at radius 3 is 2.20 bits per heavy atom. The van der Waals surface area contributed by atoms with Gasteiger partial charge in [0.2, 0.25) is 5.91 Å². The Kier molecular flexibility index (Phi) is 9.06. The molecule has 0 unspecified atom stereocenters. The lowest BCUT2D eigenvalue weighted by Crippen LogP contribution is -2.51. The third-order valence-electron chi connectivity index (χ3n) is 6.92. The second-order valence-corrected chi connectivity index (χ2v) is 11.1. The quantitative estimate of drug-likeness (QED) is 0.280. The van der Waals surface area contributed by atoms with E-state index in [1.54, 1.807) is 42.4 Å². The molecule has 1 fully saturated rings. The summed E-state index contributed by atoms with van der Waals surface area (Å²) in [5, 5.41) is 5.16. The number of hydrogen-bond acceptors (Lipinski definition) is 6. The summed E-state index contributed by atoms with van der Waals surface area (Å²) in [5.74, 6) is 0.301. The summed E-state index contributed by atoms with van der Waals surface area (Å²) in [6.45, 7) is 2.06. The molecule has 0 atom stereocenters. The van der Waals surface area contributed by atoms with E-state index in [4.69, 9.17) is 11.6 Å². The molecule has 10 heteroatoms. The van der Waals surface area contributed by atoms with Crippen LogP contribution in [0.2, 0.25) is 5.02 Å². The molecular formula is C31H30ClN5O3S. The van der Waals surface area contributed by atoms with Gasteiger partial charge in [-0.15, -0.1) is 11.8 Å². The lowest BCUT2D eigenvalue weighted by Gasteiger charge is -2.37. The third kappa shape index (κ3) is 6.81. The smallest absolute Gasteiger partial charge is 0.287 e. The number of halogens is 1. The number of anilines is 1. The number of thioether (sulfide) groups is 1. The van der Waals surface area contributed by atoms with E-state index in [0.717, 1.165) is 11.3 Å². The van der Waals surface area contributed by atoms with E-state index in [2.05, 4.69) is 10.00 Å². The van der Waals surface area contributed by atoms with Crippen LogP contribution in [0, 0.1) is 0 Å². The third-order valence-corrected chi connectivity index (χ3v) is 8.33. The maximum absolute atomic E-state index is 13.7. The molecule has 3 aromatic carbocycles. The average molecular weight is 588 g/mol. The molecule has 0 bridgehead atoms. The fourth-order valence-electron chi connectivity index (χ4n) is 4.65. The second-order valence-electron chi connectivity index (χ2n) is 9.72. The highest BCUT2D eigenvalue weighted by atomic mass is 35.5. The zero-order chi connectivity index (χ0) is 28.8. The monoisotopic (exact) mass is 587 g/mol. The molecule has 41 heavy (non-hydrogen) atoms. The number of hydrogen-bond donors (Lipinski definition) is 0. The minimum atomic E-state index is -0.190. The molecule has 0 N–H and O–H groups in total. The van der Waals surface area contributed by atoms with Crippen molar-refractivity contribution in [2.75, 3.05) is 44.7 Å². The molecule has 0 spiro atoms. The first-order chi connectivity index (χ1) is 19.9. The SMILES string of the molecule is CN(CC(=O)N1CCN(c2cnn(-c3ccccc3)c(=O)c2SCc2ccc(Cl)cc2)CC1)C(=O)c1ccccc1. The van der Waals surface area contributed by atoms with Gasteiger partial charge in [-0.3, -0.25) is 14.4 Å². The molecule has 210 valence electrons. The highest BCUT2D eigenvalue weighted by molar-refractivity contribution is 7.98. The number of amides is 2. The predicted octanol–water partition coefficient (Wildman–Crippen LogP) is 4.60. The van der Waals surface area contributed by atoms with Crippen LogP contribution in [0.4, 0.5) is 5.69 Å². The number of rotatable bonds is 8. The molecule has 1 aromatic heterocycles. The standard InChI is InChI=1S/C31H30ClN5O3S/c1-34(30(39)24-8-4-2-5-9-24)21-28(38)36-18-16-35(17-19-36)27-20-33-37(26-10-6-3-7-11-26)31(40)29(27)41-22-23-12-14-25(32)15-13-23/h2-15,20H,16-19,21-22H2,1H3. The lowest BCUT2D eigenvalue weighted by molar-refractivity contribution is -0.131. The molecule has 2 amide bonds. The minimum Gasteiger partial charge on any atom is -0.366 e. The fourth-order valence-corrected chi connectivity index (χ4v) is 5.82. The van der Waals surface area contributed by atoms with Gasteiger partial charge in [-0.1, -0.05) is 60.1 Å². The normalized spacial score (nSPS) is 13.2. The minimum absolute atomic E-state index is 0.00456. The van der Waals surface area contributed by atoms with Crippen molar-refractivity contribution < 1.29 is 9.59 Å². The van der Waals surface area contributed by atoms with Crippen molar-refractivity contribution in [3.05, 3.63) is 118 Å². The highest BCUT2D eigenvalue weighted by Gasteiger charge is 2.26. The second kappa shape index (κ2) is 13.1. The zero-order valence-corrected chi connectivity index (χ0v) is 24.2. The molecule has 4 aromatic rings. The van der Waals surface area contributed by atoms with Gasteiger partial charge in [0.25, 0.3) is 11.5 Å². The van der Waals surface area contributed by atoms with Crippen LogP contribution in [-0.2, 0) is 10.5 Å². The number of likely N-dealkylation sites (N-methyl/N-ethyl adjacent to an activating group) is 1. The molecule has 8 nitrogen and oxygen atoms in total. The van der Waals surface area contributed by atoms with E-state index < -0.39 is 0 Å². The molecule has 0 radical (unpaired) electrons. The summed E-state index contributed by atoms with van der Waals surface area (Å²) in [7, 11) is 1.64. The Morgan fingerprint density at radius 2 is 1.54 bits per heavy atom. The van der Waals surface area contributed by atoms with Crippen molar-refractivity contribution in [2.45, 2.75) is 10.6 Å². The summed E-state index contributed by atoms with van der Waals surface area (Å²) < 4.78 is 1.42. The van der Waals surface area contributed by atoms with E-state index in [9.17, 15) is 14.4 Å². The number of benzene rings is 3. The summed E-state index contributed by atoms with van der Waals surface area (Å²) in [6, 6.07) is 25.9. The largest absolute Gasteiger partial charge is 0.366 e. The van der Waals surface area contributed by atoms with E-state index in [1.807, 2.05) is 60.7 Å². The molecule has 0 saturated carbocycles. The van der Waals surface area contributed by atoms with Gasteiger partial charge in [-0.05, 0) is 42.0 Å². The summed E-state index contributed by atoms with van der Waals surface area (Å²) >= 11 is 7.52. The van der Waals surface area contributed by atoms with E-state index in [-0.39, 0.29) is 23.9 Å². The van der Waals surface area contributed by atoms with Gasteiger partial charge in [-0.2, -0.15) is 9.78 Å². The van der Waals surface area contributed by atoms with Crippen molar-refractivity contribution in [3.63, 3.8) is 0 Å². The van der Waals surface area contributed by atoms with Gasteiger partial charge in [0.05, 0.1) is 24.1 Å². The van der Waals surface area contributed by atoms with Crippen molar-refractivity contribution in [2.24, 2.45) is 0 Å². The van der Waals surface area contributed by atoms with Gasteiger partial charge in [0, 0.05) is 49.6 Å². The Hall–Kier alpha value is -4.08. The van der Waals surface area contributed by atoms with Crippen molar-refractivity contribution >= 4 is 40.9 Å². The number of carbonyl (C=O) groups excluding carboxylic acids is 2. The topological polar surface area (TPSA) is 78.8 Å². The van der Waals surface area contributed by atoms with Crippen molar-refractivity contribution in [1.29, 1.82) is 0 Å². The number of aromatic nitrogens is 2. The molecule has 2 heterocycles. The van der Waals surface area contributed by atoms with Crippen LogP contribution in [0.1, 0.15) is 15.9 Å². The van der Waals surface area contributed by atoms with E-state index >= 15 is 0 Å². The molecule has 1 aliphatic heterocycles. The first-order valence-electron chi connectivity index (χ1n) is 13.3. The van der Waals surface area contributed by atoms with Crippen LogP contribution in [-0.4, -0.2) is 71.2 Å². The van der Waals surface area contributed by atoms with Crippen LogP contribution < -0.4 is 10.5 Å². The van der Waals surface area contributed by atoms with Crippen LogP contribution in [0.25, 0.3) is 5.69 Å². The Balaban J connectivity index is 1.30. The van der Waals surface area contributed by atoms with E-state index in [1.165, 1.54) is 21.3 Å². The molecular weight excluding hydrogens is 558 g/mol. The zero-order valence-electron chi connectivity index (χ0n) is 22.6. The van der Waals surface area contributed by atoms with Crippen LogP contribution in [0.5, 0.6) is 0 Å². The molecule has 1 aliphatic rings. The maximum Gasteiger partial charge on any atom is 0.287 e. The van der Waals surface area contributed by atoms with Crippen LogP contribution in [0.3, 0.4) is 0 Å². The highest BCUT2D eigenvalue weighted by Crippen LogP contribution is 2.30. The van der Waals surface area contributed by atoms with Crippen LogP contribution >= 0.6 is 23.4 Å². The summed E-state index contributed by atoms with van der Waals surface area (Å²) in [6.07, 6.45) is 1.74.